The zero-order valence-electron chi connectivity index (χ0n) is 14.7. The zero-order chi connectivity index (χ0) is 19.5. The Hall–Kier alpha value is -1.76. The fourth-order valence-electron chi connectivity index (χ4n) is 2.52. The number of nitrogens with zero attached hydrogens (tertiary/aromatic N) is 1. The average Bonchev–Trinajstić information content (AvgIpc) is 2.50. The lowest BCUT2D eigenvalue weighted by atomic mass is 10.0. The molecule has 0 spiro atoms. The highest BCUT2D eigenvalue weighted by atomic mass is 35.5. The largest absolute Gasteiger partial charge is 0.324 e. The van der Waals surface area contributed by atoms with Gasteiger partial charge in [-0.2, -0.15) is 0 Å². The molecule has 0 unspecified atom stereocenters. The van der Waals surface area contributed by atoms with E-state index in [-0.39, 0.29) is 28.2 Å². The summed E-state index contributed by atoms with van der Waals surface area (Å²) in [6, 6.07) is 11.8. The van der Waals surface area contributed by atoms with Crippen LogP contribution in [0.2, 0.25) is 10.0 Å². The summed E-state index contributed by atoms with van der Waals surface area (Å²) in [5.74, 6) is -0.246. The van der Waals surface area contributed by atoms with Crippen LogP contribution in [0.25, 0.3) is 0 Å². The van der Waals surface area contributed by atoms with E-state index in [0.717, 1.165) is 16.1 Å². The van der Waals surface area contributed by atoms with Gasteiger partial charge < -0.3 is 5.32 Å². The van der Waals surface area contributed by atoms with Gasteiger partial charge >= 0.3 is 0 Å². The third-order valence-electron chi connectivity index (χ3n) is 3.68. The molecule has 5 nitrogen and oxygen atoms in total. The molecular weight excluding hydrogens is 395 g/mol. The normalized spacial score (nSPS) is 11.5. The Balaban J connectivity index is 2.29. The van der Waals surface area contributed by atoms with E-state index in [1.807, 2.05) is 32.0 Å². The fraction of sp³-hybridized carbons (Fsp3) is 0.278. The van der Waals surface area contributed by atoms with E-state index >= 15 is 0 Å². The first-order chi connectivity index (χ1) is 12.1. The number of hydrogen-bond donors (Lipinski definition) is 1. The van der Waals surface area contributed by atoms with Crippen molar-refractivity contribution < 1.29 is 13.2 Å². The van der Waals surface area contributed by atoms with Crippen molar-refractivity contribution in [1.82, 2.24) is 0 Å². The van der Waals surface area contributed by atoms with Crippen molar-refractivity contribution in [1.29, 1.82) is 0 Å². The highest BCUT2D eigenvalue weighted by Crippen LogP contribution is 2.27. The van der Waals surface area contributed by atoms with Crippen molar-refractivity contribution in [3.8, 4) is 0 Å². The van der Waals surface area contributed by atoms with Crippen molar-refractivity contribution in [3.05, 3.63) is 58.1 Å². The SMILES string of the molecule is CC(C)c1ccccc1NC(=O)CN(c1cc(Cl)cc(Cl)c1)S(C)(=O)=O. The Kier molecular flexibility index (Phi) is 6.55. The molecule has 26 heavy (non-hydrogen) atoms. The lowest BCUT2D eigenvalue weighted by molar-refractivity contribution is -0.114. The van der Waals surface area contributed by atoms with Gasteiger partial charge in [0.1, 0.15) is 6.54 Å². The van der Waals surface area contributed by atoms with E-state index in [4.69, 9.17) is 23.2 Å². The van der Waals surface area contributed by atoms with Crippen molar-refractivity contribution in [2.45, 2.75) is 19.8 Å². The van der Waals surface area contributed by atoms with Crippen LogP contribution >= 0.6 is 23.2 Å². The van der Waals surface area contributed by atoms with Crippen molar-refractivity contribution in [2.75, 3.05) is 22.4 Å². The Morgan fingerprint density at radius 2 is 1.69 bits per heavy atom. The molecule has 0 atom stereocenters. The predicted octanol–water partition coefficient (Wildman–Crippen LogP) is 4.52. The summed E-state index contributed by atoms with van der Waals surface area (Å²) in [7, 11) is -3.71. The molecule has 0 heterocycles. The van der Waals surface area contributed by atoms with Crippen LogP contribution in [-0.2, 0) is 14.8 Å². The number of para-hydroxylation sites is 1. The first-order valence-corrected chi connectivity index (χ1v) is 10.5. The highest BCUT2D eigenvalue weighted by molar-refractivity contribution is 7.92. The second-order valence-corrected chi connectivity index (χ2v) is 8.97. The van der Waals surface area contributed by atoms with Crippen LogP contribution in [-0.4, -0.2) is 27.1 Å². The molecule has 0 radical (unpaired) electrons. The molecule has 1 amide bonds. The molecule has 2 aromatic rings. The highest BCUT2D eigenvalue weighted by Gasteiger charge is 2.22. The van der Waals surface area contributed by atoms with Crippen LogP contribution in [0.1, 0.15) is 25.3 Å². The second kappa shape index (κ2) is 8.29. The maximum atomic E-state index is 12.5. The monoisotopic (exact) mass is 414 g/mol. The van der Waals surface area contributed by atoms with E-state index in [2.05, 4.69) is 5.32 Å². The zero-order valence-corrected chi connectivity index (χ0v) is 17.0. The summed E-state index contributed by atoms with van der Waals surface area (Å²) in [4.78, 5) is 12.5. The molecule has 140 valence electrons. The van der Waals surface area contributed by atoms with Crippen molar-refractivity contribution in [2.24, 2.45) is 0 Å². The third kappa shape index (κ3) is 5.37. The number of anilines is 2. The van der Waals surface area contributed by atoms with Gasteiger partial charge in [-0.1, -0.05) is 55.2 Å². The lowest BCUT2D eigenvalue weighted by Crippen LogP contribution is -2.37. The van der Waals surface area contributed by atoms with Crippen LogP contribution in [0.15, 0.2) is 42.5 Å². The summed E-state index contributed by atoms with van der Waals surface area (Å²) in [5, 5.41) is 3.35. The molecule has 0 saturated heterocycles. The van der Waals surface area contributed by atoms with E-state index in [1.54, 1.807) is 6.07 Å². The minimum atomic E-state index is -3.71. The number of sulfonamides is 1. The summed E-state index contributed by atoms with van der Waals surface area (Å²) in [5.41, 5.74) is 1.86. The molecular formula is C18H20Cl2N2O3S. The second-order valence-electron chi connectivity index (χ2n) is 6.19. The maximum Gasteiger partial charge on any atom is 0.245 e. The molecule has 0 bridgehead atoms. The predicted molar refractivity (Wildman–Crippen MR) is 108 cm³/mol. The topological polar surface area (TPSA) is 66.5 Å². The summed E-state index contributed by atoms with van der Waals surface area (Å²) < 4.78 is 25.3. The number of hydrogen-bond acceptors (Lipinski definition) is 3. The Labute approximate surface area is 164 Å². The maximum absolute atomic E-state index is 12.5. The van der Waals surface area contributed by atoms with Gasteiger partial charge in [-0.25, -0.2) is 8.42 Å². The van der Waals surface area contributed by atoms with Crippen LogP contribution in [0, 0.1) is 0 Å². The quantitative estimate of drug-likeness (QED) is 0.754. The van der Waals surface area contributed by atoms with Crippen molar-refractivity contribution >= 4 is 50.5 Å². The van der Waals surface area contributed by atoms with Gasteiger partial charge in [0.15, 0.2) is 0 Å². The molecule has 0 aromatic heterocycles. The summed E-state index contributed by atoms with van der Waals surface area (Å²) in [6.07, 6.45) is 1.02. The number of rotatable bonds is 6. The Bertz CT molecular complexity index is 894. The average molecular weight is 415 g/mol. The van der Waals surface area contributed by atoms with Crippen molar-refractivity contribution in [3.63, 3.8) is 0 Å². The number of amides is 1. The van der Waals surface area contributed by atoms with Gasteiger partial charge in [-0.05, 0) is 35.7 Å². The molecule has 2 aromatic carbocycles. The van der Waals surface area contributed by atoms with Gasteiger partial charge in [0.05, 0.1) is 11.9 Å². The van der Waals surface area contributed by atoms with E-state index in [9.17, 15) is 13.2 Å². The first-order valence-electron chi connectivity index (χ1n) is 7.90. The van der Waals surface area contributed by atoms with Gasteiger partial charge in [-0.3, -0.25) is 9.10 Å². The fourth-order valence-corrected chi connectivity index (χ4v) is 3.87. The molecule has 0 fully saturated rings. The summed E-state index contributed by atoms with van der Waals surface area (Å²) >= 11 is 11.9. The van der Waals surface area contributed by atoms with Gasteiger partial charge in [0, 0.05) is 15.7 Å². The molecule has 0 aliphatic rings. The molecule has 2 rings (SSSR count). The molecule has 0 saturated carbocycles. The molecule has 0 aliphatic carbocycles. The standard InChI is InChI=1S/C18H20Cl2N2O3S/c1-12(2)16-6-4-5-7-17(16)21-18(23)11-22(26(3,24)25)15-9-13(19)8-14(20)10-15/h4-10,12H,11H2,1-3H3,(H,21,23). The summed E-state index contributed by atoms with van der Waals surface area (Å²) in [6.45, 7) is 3.64. The molecule has 0 aliphatic heterocycles. The van der Waals surface area contributed by atoms with Crippen LogP contribution in [0.3, 0.4) is 0 Å². The van der Waals surface area contributed by atoms with E-state index in [0.29, 0.717) is 5.69 Å². The number of carbonyl (C=O) groups is 1. The number of carbonyl (C=O) groups excluding carboxylic acids is 1. The number of halogens is 2. The third-order valence-corrected chi connectivity index (χ3v) is 5.26. The van der Waals surface area contributed by atoms with Crippen LogP contribution in [0.4, 0.5) is 11.4 Å². The van der Waals surface area contributed by atoms with Crippen LogP contribution in [0.5, 0.6) is 0 Å². The van der Waals surface area contributed by atoms with Crippen LogP contribution < -0.4 is 9.62 Å². The first kappa shape index (κ1) is 20.6. The smallest absolute Gasteiger partial charge is 0.245 e. The van der Waals surface area contributed by atoms with Gasteiger partial charge in [-0.15, -0.1) is 0 Å². The van der Waals surface area contributed by atoms with Gasteiger partial charge in [0.2, 0.25) is 15.9 Å². The lowest BCUT2D eigenvalue weighted by Gasteiger charge is -2.23. The Morgan fingerprint density at radius 3 is 2.23 bits per heavy atom. The minimum absolute atomic E-state index is 0.212. The number of nitrogens with one attached hydrogen (secondary N) is 1. The van der Waals surface area contributed by atoms with E-state index in [1.165, 1.54) is 18.2 Å². The Morgan fingerprint density at radius 1 is 1.12 bits per heavy atom. The van der Waals surface area contributed by atoms with E-state index < -0.39 is 15.9 Å². The molecule has 8 heteroatoms. The number of benzene rings is 2. The minimum Gasteiger partial charge on any atom is -0.324 e. The molecule has 1 N–H and O–H groups in total. The van der Waals surface area contributed by atoms with Gasteiger partial charge in [0.25, 0.3) is 0 Å².